The van der Waals surface area contributed by atoms with Crippen molar-refractivity contribution in [1.29, 1.82) is 0 Å². The summed E-state index contributed by atoms with van der Waals surface area (Å²) in [6.45, 7) is 20.4. The van der Waals surface area contributed by atoms with Crippen molar-refractivity contribution in [1.82, 2.24) is 0 Å². The van der Waals surface area contributed by atoms with E-state index < -0.39 is 0 Å². The van der Waals surface area contributed by atoms with Crippen LogP contribution in [0.5, 0.6) is 0 Å². The molecule has 2 nitrogen and oxygen atoms in total. The van der Waals surface area contributed by atoms with Gasteiger partial charge in [0.1, 0.15) is 5.82 Å². The molecule has 1 aliphatic heterocycles. The molecule has 3 fully saturated rings. The molecule has 8 aromatic carbocycles. The van der Waals surface area contributed by atoms with E-state index in [1.165, 1.54) is 144 Å². The maximum atomic E-state index is 14.3. The van der Waals surface area contributed by atoms with Crippen LogP contribution in [0.25, 0.3) is 44.5 Å². The van der Waals surface area contributed by atoms with E-state index >= 15 is 0 Å². The zero-order chi connectivity index (χ0) is 58.6. The van der Waals surface area contributed by atoms with Crippen LogP contribution >= 0.6 is 0 Å². The van der Waals surface area contributed by atoms with Crippen LogP contribution in [-0.2, 0) is 0 Å². The highest BCUT2D eigenvalue weighted by atomic mass is 19.1. The van der Waals surface area contributed by atoms with Crippen molar-refractivity contribution >= 4 is 11.4 Å². The summed E-state index contributed by atoms with van der Waals surface area (Å²) in [5.74, 6) is 2.65. The quantitative estimate of drug-likeness (QED) is 0.106. The topological polar surface area (TPSA) is 6.48 Å². The van der Waals surface area contributed by atoms with Crippen molar-refractivity contribution in [3.8, 4) is 44.5 Å². The van der Waals surface area contributed by atoms with Crippen molar-refractivity contribution < 1.29 is 4.39 Å². The molecule has 7 unspecified atom stereocenters. The molecule has 85 heavy (non-hydrogen) atoms. The first kappa shape index (κ1) is 56.6. The lowest BCUT2D eigenvalue weighted by molar-refractivity contribution is 0.344. The second-order valence-electron chi connectivity index (χ2n) is 26.7. The number of aryl methyl sites for hydroxylation is 7. The fraction of sp³-hybridized carbons (Fsp3) is 0.341. The van der Waals surface area contributed by atoms with E-state index in [0.717, 1.165) is 37.7 Å². The van der Waals surface area contributed by atoms with Gasteiger partial charge < -0.3 is 9.80 Å². The molecule has 3 saturated carbocycles. The van der Waals surface area contributed by atoms with Crippen molar-refractivity contribution in [2.75, 3.05) is 9.80 Å². The molecule has 3 heteroatoms. The monoisotopic (exact) mass is 1120 g/mol. The Morgan fingerprint density at radius 1 is 0.471 bits per heavy atom. The normalized spacial score (nSPS) is 22.6. The van der Waals surface area contributed by atoms with Crippen LogP contribution in [0.3, 0.4) is 0 Å². The second kappa shape index (κ2) is 23.8. The summed E-state index contributed by atoms with van der Waals surface area (Å²) in [7, 11) is 0. The molecule has 0 N–H and O–H groups in total. The van der Waals surface area contributed by atoms with Crippen LogP contribution in [0.15, 0.2) is 199 Å². The number of nitrogens with zero attached hydrogens (tertiary/aromatic N) is 2. The Kier molecular flexibility index (Phi) is 15.8. The van der Waals surface area contributed by atoms with Crippen molar-refractivity contribution in [3.05, 3.63) is 261 Å². The molecule has 0 bridgehead atoms. The average molecular weight is 1120 g/mol. The van der Waals surface area contributed by atoms with Crippen LogP contribution in [0, 0.1) is 72.0 Å². The third kappa shape index (κ3) is 11.1. The predicted molar refractivity (Wildman–Crippen MR) is 358 cm³/mol. The highest BCUT2D eigenvalue weighted by Gasteiger charge is 2.45. The summed E-state index contributed by atoms with van der Waals surface area (Å²) >= 11 is 0. The largest absolute Gasteiger partial charge is 0.362 e. The minimum Gasteiger partial charge on any atom is -0.362 e. The average Bonchev–Trinajstić information content (AvgIpc) is 2.44. The Labute approximate surface area is 508 Å². The van der Waals surface area contributed by atoms with Crippen LogP contribution in [0.1, 0.15) is 151 Å². The zero-order valence-electron chi connectivity index (χ0n) is 51.9. The van der Waals surface area contributed by atoms with E-state index in [1.807, 2.05) is 0 Å². The third-order valence-corrected chi connectivity index (χ3v) is 21.1. The van der Waals surface area contributed by atoms with Crippen LogP contribution < -0.4 is 9.80 Å². The SMILES string of the molecule is Cc1cc(C)c(-c2ccc(-c3ccc4c(c3)C3CC(c5ccc(-c6c(C)cc(C)cc6C)cc5)CCC3N4C(C)/C=C\C(C)C3=CC=C(N(c4ccc(-c5ccccc5)cc4)C4CCC(c5ccc(F)cc5C)CC4)C4CCCC34)cc2)c(C)c1. The van der Waals surface area contributed by atoms with E-state index in [2.05, 4.69) is 248 Å². The highest BCUT2D eigenvalue weighted by Crippen LogP contribution is 2.54. The lowest BCUT2D eigenvalue weighted by atomic mass is 9.73. The number of halogens is 1. The standard InChI is InChI=1S/C82H87FN2/c1-51-44-55(5)81(56(6)45-51)65-24-20-62(21-25-65)67-32-41-79-76(49-67)77-50-68(63-22-26-66(27-23-63)82-57(7)46-52(2)47-58(82)8)33-42-80(77)84(79)59(9)19-18-53(3)73-40-43-78(75-17-13-16-74(73)75)85(70-35-28-61(29-36-70)60-14-11-10-12-15-60)71-37-30-64(31-38-71)72-39-34-69(83)48-54(72)4/h10-12,14-15,18-29,32,34-36,39-41,43-49,53,59,64,68,71,74-75,77,80H,13,16-17,30-31,33,37-38,42,50H2,1-9H3/b19-18-. The molecule has 0 radical (unpaired) electrons. The van der Waals surface area contributed by atoms with E-state index in [4.69, 9.17) is 0 Å². The number of hydrogen-bond acceptors (Lipinski definition) is 2. The summed E-state index contributed by atoms with van der Waals surface area (Å²) in [6.07, 6.45) is 22.0. The van der Waals surface area contributed by atoms with Crippen LogP contribution in [-0.4, -0.2) is 18.1 Å². The van der Waals surface area contributed by atoms with Gasteiger partial charge in [0.2, 0.25) is 0 Å². The summed E-state index contributed by atoms with van der Waals surface area (Å²) < 4.78 is 14.3. The van der Waals surface area contributed by atoms with E-state index in [-0.39, 0.29) is 11.9 Å². The molecule has 13 rings (SSSR count). The van der Waals surface area contributed by atoms with Gasteiger partial charge in [0.15, 0.2) is 0 Å². The summed E-state index contributed by atoms with van der Waals surface area (Å²) in [5.41, 5.74) is 29.8. The lowest BCUT2D eigenvalue weighted by Gasteiger charge is -2.44. The van der Waals surface area contributed by atoms with Gasteiger partial charge in [0.25, 0.3) is 0 Å². The Bertz CT molecular complexity index is 3790. The minimum absolute atomic E-state index is 0.135. The fourth-order valence-electron chi connectivity index (χ4n) is 17.3. The molecule has 0 saturated heterocycles. The molecule has 7 atom stereocenters. The second-order valence-corrected chi connectivity index (χ2v) is 26.7. The Balaban J connectivity index is 0.786. The van der Waals surface area contributed by atoms with Gasteiger partial charge in [-0.25, -0.2) is 4.39 Å². The van der Waals surface area contributed by atoms with Gasteiger partial charge >= 0.3 is 0 Å². The highest BCUT2D eigenvalue weighted by molar-refractivity contribution is 5.78. The predicted octanol–water partition coefficient (Wildman–Crippen LogP) is 21.9. The van der Waals surface area contributed by atoms with Crippen molar-refractivity contribution in [2.45, 2.75) is 162 Å². The summed E-state index contributed by atoms with van der Waals surface area (Å²) in [4.78, 5) is 5.62. The van der Waals surface area contributed by atoms with Crippen LogP contribution in [0.4, 0.5) is 15.8 Å². The Morgan fingerprint density at radius 2 is 1.04 bits per heavy atom. The van der Waals surface area contributed by atoms with E-state index in [1.54, 1.807) is 17.7 Å². The molecule has 0 amide bonds. The van der Waals surface area contributed by atoms with E-state index in [0.29, 0.717) is 47.6 Å². The smallest absolute Gasteiger partial charge is 0.123 e. The fourth-order valence-corrected chi connectivity index (χ4v) is 17.3. The zero-order valence-corrected chi connectivity index (χ0v) is 51.9. The first-order valence-corrected chi connectivity index (χ1v) is 32.3. The number of hydrogen-bond donors (Lipinski definition) is 0. The maximum absolute atomic E-state index is 14.3. The van der Waals surface area contributed by atoms with Crippen LogP contribution in [0.2, 0.25) is 0 Å². The van der Waals surface area contributed by atoms with E-state index in [9.17, 15) is 4.39 Å². The molecule has 1 heterocycles. The van der Waals surface area contributed by atoms with Gasteiger partial charge in [-0.3, -0.25) is 0 Å². The molecule has 4 aliphatic carbocycles. The lowest BCUT2D eigenvalue weighted by Crippen LogP contribution is -2.42. The molecular formula is C82H87FN2. The molecule has 0 spiro atoms. The third-order valence-electron chi connectivity index (χ3n) is 21.1. The van der Waals surface area contributed by atoms with Gasteiger partial charge in [0.05, 0.1) is 0 Å². The number of fused-ring (bicyclic) bond motifs is 4. The summed E-state index contributed by atoms with van der Waals surface area (Å²) in [5, 5.41) is 0. The Hall–Kier alpha value is -7.49. The maximum Gasteiger partial charge on any atom is 0.123 e. The first-order valence-electron chi connectivity index (χ1n) is 32.3. The number of benzene rings is 8. The van der Waals surface area contributed by atoms with Gasteiger partial charge in [-0.15, -0.1) is 0 Å². The Morgan fingerprint density at radius 3 is 1.68 bits per heavy atom. The van der Waals surface area contributed by atoms with Gasteiger partial charge in [0, 0.05) is 47.0 Å². The van der Waals surface area contributed by atoms with Crippen molar-refractivity contribution in [2.24, 2.45) is 17.8 Å². The summed E-state index contributed by atoms with van der Waals surface area (Å²) in [6, 6.07) is 62.6. The number of rotatable bonds is 13. The molecule has 8 aromatic rings. The van der Waals surface area contributed by atoms with Gasteiger partial charge in [-0.1, -0.05) is 176 Å². The molecule has 5 aliphatic rings. The minimum atomic E-state index is -0.135. The van der Waals surface area contributed by atoms with Crippen molar-refractivity contribution in [3.63, 3.8) is 0 Å². The van der Waals surface area contributed by atoms with Gasteiger partial charge in [-0.05, 0) is 268 Å². The number of allylic oxidation sites excluding steroid dienone is 5. The molecule has 432 valence electrons. The number of anilines is 2. The molecule has 0 aromatic heterocycles. The molecular weight excluding hydrogens is 1030 g/mol. The van der Waals surface area contributed by atoms with Gasteiger partial charge in [-0.2, -0.15) is 0 Å². The first-order chi connectivity index (χ1) is 41.2.